The average Bonchev–Trinajstić information content (AvgIpc) is 2.96. The number of nitrogens with zero attached hydrogens (tertiary/aromatic N) is 3. The third-order valence-electron chi connectivity index (χ3n) is 3.46. The van der Waals surface area contributed by atoms with Crippen LogP contribution in [0.3, 0.4) is 0 Å². The third kappa shape index (κ3) is 2.42. The van der Waals surface area contributed by atoms with Crippen molar-refractivity contribution in [3.8, 4) is 34.0 Å². The smallest absolute Gasteiger partial charge is 0.131 e. The maximum atomic E-state index is 10.5. The number of phenols is 1. The molecule has 0 unspecified atom stereocenters. The summed E-state index contributed by atoms with van der Waals surface area (Å²) >= 11 is 1.57. The van der Waals surface area contributed by atoms with E-state index in [9.17, 15) is 5.11 Å². The van der Waals surface area contributed by atoms with Gasteiger partial charge in [-0.2, -0.15) is 0 Å². The third-order valence-corrected chi connectivity index (χ3v) is 4.24. The van der Waals surface area contributed by atoms with Crippen LogP contribution in [0, 0.1) is 13.8 Å². The van der Waals surface area contributed by atoms with Gasteiger partial charge in [0.25, 0.3) is 0 Å². The molecule has 0 amide bonds. The van der Waals surface area contributed by atoms with E-state index in [2.05, 4.69) is 15.0 Å². The molecular weight excluding hydrogens is 298 g/mol. The van der Waals surface area contributed by atoms with E-state index < -0.39 is 0 Å². The highest BCUT2D eigenvalue weighted by atomic mass is 32.1. The molecule has 2 heterocycles. The van der Waals surface area contributed by atoms with Gasteiger partial charge < -0.3 is 9.84 Å². The Morgan fingerprint density at radius 1 is 1.18 bits per heavy atom. The Hall–Kier alpha value is -2.47. The largest absolute Gasteiger partial charge is 0.507 e. The van der Waals surface area contributed by atoms with Crippen molar-refractivity contribution in [3.63, 3.8) is 0 Å². The molecule has 0 spiro atoms. The van der Waals surface area contributed by atoms with Gasteiger partial charge in [-0.1, -0.05) is 0 Å². The highest BCUT2D eigenvalue weighted by molar-refractivity contribution is 7.09. The van der Waals surface area contributed by atoms with Gasteiger partial charge in [0.15, 0.2) is 0 Å². The Bertz CT molecular complexity index is 830. The number of rotatable bonds is 3. The summed E-state index contributed by atoms with van der Waals surface area (Å²) in [7, 11) is 1.58. The Kier molecular flexibility index (Phi) is 3.77. The molecule has 0 bridgehead atoms. The predicted molar refractivity (Wildman–Crippen MR) is 86.3 cm³/mol. The molecule has 0 aliphatic carbocycles. The van der Waals surface area contributed by atoms with Crippen molar-refractivity contribution in [2.45, 2.75) is 13.8 Å². The number of aromatic nitrogens is 3. The molecule has 0 saturated heterocycles. The molecule has 3 aromatic rings. The van der Waals surface area contributed by atoms with Crippen molar-refractivity contribution < 1.29 is 9.84 Å². The molecule has 5 nitrogen and oxygen atoms in total. The number of thiazole rings is 1. The summed E-state index contributed by atoms with van der Waals surface area (Å²) in [4.78, 5) is 12.9. The average molecular weight is 313 g/mol. The van der Waals surface area contributed by atoms with E-state index in [1.54, 1.807) is 30.7 Å². The molecular formula is C16H15N3O2S. The summed E-state index contributed by atoms with van der Waals surface area (Å²) < 4.78 is 5.23. The first-order valence-electron chi connectivity index (χ1n) is 6.71. The number of aryl methyl sites for hydroxylation is 1. The Labute approximate surface area is 132 Å². The van der Waals surface area contributed by atoms with Gasteiger partial charge in [-0.25, -0.2) is 15.0 Å². The summed E-state index contributed by atoms with van der Waals surface area (Å²) in [5, 5.41) is 13.4. The van der Waals surface area contributed by atoms with Gasteiger partial charge in [0.1, 0.15) is 17.8 Å². The number of phenolic OH excluding ortho intramolecular Hbond substituents is 1. The van der Waals surface area contributed by atoms with Crippen molar-refractivity contribution in [3.05, 3.63) is 40.6 Å². The van der Waals surface area contributed by atoms with Crippen LogP contribution in [0.25, 0.3) is 22.5 Å². The molecule has 0 fully saturated rings. The highest BCUT2D eigenvalue weighted by Crippen LogP contribution is 2.39. The van der Waals surface area contributed by atoms with E-state index in [0.29, 0.717) is 22.6 Å². The molecule has 2 aromatic heterocycles. The first kappa shape index (κ1) is 14.5. The second kappa shape index (κ2) is 5.73. The standard InChI is InChI=1S/C16H15N3O2S/c1-9-14(21-3)5-4-11(16(9)20)15-12(6-17-8-18-15)13-7-22-10(2)19-13/h4-8,20H,1-3H3. The SMILES string of the molecule is COc1ccc(-c2ncncc2-c2csc(C)n2)c(O)c1C. The number of hydrogen-bond donors (Lipinski definition) is 1. The molecule has 1 N–H and O–H groups in total. The van der Waals surface area contributed by atoms with Crippen molar-refractivity contribution in [1.29, 1.82) is 0 Å². The van der Waals surface area contributed by atoms with Crippen molar-refractivity contribution in [2.75, 3.05) is 7.11 Å². The monoisotopic (exact) mass is 313 g/mol. The summed E-state index contributed by atoms with van der Waals surface area (Å²) in [6, 6.07) is 3.62. The number of methoxy groups -OCH3 is 1. The lowest BCUT2D eigenvalue weighted by atomic mass is 10.0. The van der Waals surface area contributed by atoms with E-state index in [-0.39, 0.29) is 5.75 Å². The fraction of sp³-hybridized carbons (Fsp3) is 0.188. The summed E-state index contributed by atoms with van der Waals surface area (Å²) in [6.07, 6.45) is 3.19. The summed E-state index contributed by atoms with van der Waals surface area (Å²) in [5.74, 6) is 0.799. The zero-order valence-corrected chi connectivity index (χ0v) is 13.3. The highest BCUT2D eigenvalue weighted by Gasteiger charge is 2.17. The lowest BCUT2D eigenvalue weighted by Crippen LogP contribution is -1.94. The predicted octanol–water partition coefficient (Wildman–Crippen LogP) is 3.60. The molecule has 22 heavy (non-hydrogen) atoms. The molecule has 0 aliphatic rings. The van der Waals surface area contributed by atoms with Crippen LogP contribution in [0.1, 0.15) is 10.6 Å². The van der Waals surface area contributed by atoms with Crippen LogP contribution in [-0.2, 0) is 0 Å². The van der Waals surface area contributed by atoms with Gasteiger partial charge in [-0.3, -0.25) is 0 Å². The number of ether oxygens (including phenoxy) is 1. The first-order valence-corrected chi connectivity index (χ1v) is 7.59. The van der Waals surface area contributed by atoms with E-state index in [1.807, 2.05) is 25.3 Å². The van der Waals surface area contributed by atoms with Gasteiger partial charge >= 0.3 is 0 Å². The molecule has 0 saturated carbocycles. The van der Waals surface area contributed by atoms with Crippen LogP contribution in [0.15, 0.2) is 30.0 Å². The van der Waals surface area contributed by atoms with Crippen LogP contribution in [0.2, 0.25) is 0 Å². The minimum absolute atomic E-state index is 0.159. The lowest BCUT2D eigenvalue weighted by Gasteiger charge is -2.12. The molecule has 1 aromatic carbocycles. The summed E-state index contributed by atoms with van der Waals surface area (Å²) in [6.45, 7) is 3.76. The molecule has 6 heteroatoms. The fourth-order valence-electron chi connectivity index (χ4n) is 2.31. The number of hydrogen-bond acceptors (Lipinski definition) is 6. The second-order valence-electron chi connectivity index (χ2n) is 4.83. The second-order valence-corrected chi connectivity index (χ2v) is 5.89. The van der Waals surface area contributed by atoms with Gasteiger partial charge in [0, 0.05) is 28.3 Å². The van der Waals surface area contributed by atoms with Crippen LogP contribution in [0.5, 0.6) is 11.5 Å². The van der Waals surface area contributed by atoms with Gasteiger partial charge in [-0.05, 0) is 26.0 Å². The molecule has 0 radical (unpaired) electrons. The van der Waals surface area contributed by atoms with Crippen LogP contribution >= 0.6 is 11.3 Å². The topological polar surface area (TPSA) is 68.1 Å². The van der Waals surface area contributed by atoms with Crippen molar-refractivity contribution in [2.24, 2.45) is 0 Å². The minimum Gasteiger partial charge on any atom is -0.507 e. The zero-order chi connectivity index (χ0) is 15.7. The molecule has 0 aliphatic heterocycles. The maximum absolute atomic E-state index is 10.5. The fourth-order valence-corrected chi connectivity index (χ4v) is 2.93. The molecule has 112 valence electrons. The van der Waals surface area contributed by atoms with Gasteiger partial charge in [0.2, 0.25) is 0 Å². The Morgan fingerprint density at radius 3 is 2.68 bits per heavy atom. The Balaban J connectivity index is 2.20. The van der Waals surface area contributed by atoms with E-state index >= 15 is 0 Å². The van der Waals surface area contributed by atoms with Gasteiger partial charge in [0.05, 0.1) is 23.5 Å². The van der Waals surface area contributed by atoms with E-state index in [1.165, 1.54) is 6.33 Å². The van der Waals surface area contributed by atoms with Crippen LogP contribution < -0.4 is 4.74 Å². The van der Waals surface area contributed by atoms with Crippen LogP contribution in [0.4, 0.5) is 0 Å². The number of benzene rings is 1. The Morgan fingerprint density at radius 2 is 2.00 bits per heavy atom. The minimum atomic E-state index is 0.159. The normalized spacial score (nSPS) is 10.7. The first-order chi connectivity index (χ1) is 10.6. The molecule has 0 atom stereocenters. The van der Waals surface area contributed by atoms with Gasteiger partial charge in [-0.15, -0.1) is 11.3 Å². The molecule has 3 rings (SSSR count). The maximum Gasteiger partial charge on any atom is 0.131 e. The van der Waals surface area contributed by atoms with Crippen molar-refractivity contribution >= 4 is 11.3 Å². The van der Waals surface area contributed by atoms with E-state index in [0.717, 1.165) is 16.3 Å². The number of aromatic hydroxyl groups is 1. The quantitative estimate of drug-likeness (QED) is 0.800. The van der Waals surface area contributed by atoms with Crippen molar-refractivity contribution in [1.82, 2.24) is 15.0 Å². The van der Waals surface area contributed by atoms with Crippen LogP contribution in [-0.4, -0.2) is 27.2 Å². The van der Waals surface area contributed by atoms with E-state index in [4.69, 9.17) is 4.74 Å². The lowest BCUT2D eigenvalue weighted by molar-refractivity contribution is 0.403. The summed E-state index contributed by atoms with van der Waals surface area (Å²) in [5.41, 5.74) is 3.58. The zero-order valence-electron chi connectivity index (χ0n) is 12.5.